The van der Waals surface area contributed by atoms with Crippen LogP contribution in [0.15, 0.2) is 30.7 Å². The fourth-order valence-electron chi connectivity index (χ4n) is 3.90. The number of pyridine rings is 1. The number of hydrogen-bond acceptors (Lipinski definition) is 4. The quantitative estimate of drug-likeness (QED) is 0.694. The van der Waals surface area contributed by atoms with Crippen molar-refractivity contribution < 1.29 is 8.42 Å². The Balaban J connectivity index is 1.74. The molecule has 0 amide bonds. The fraction of sp³-hybridized carbons (Fsp3) is 0.444. The van der Waals surface area contributed by atoms with E-state index in [1.165, 1.54) is 11.4 Å². The smallest absolute Gasteiger partial charge is 0.282 e. The van der Waals surface area contributed by atoms with Gasteiger partial charge in [-0.05, 0) is 24.5 Å². The Bertz CT molecular complexity index is 1130. The van der Waals surface area contributed by atoms with Crippen LogP contribution in [0, 0.1) is 17.2 Å². The van der Waals surface area contributed by atoms with Gasteiger partial charge in [0.2, 0.25) is 0 Å². The lowest BCUT2D eigenvalue weighted by Gasteiger charge is -2.38. The number of nitrogens with one attached hydrogen (secondary N) is 1. The molecule has 3 aromatic heterocycles. The summed E-state index contributed by atoms with van der Waals surface area (Å²) in [5.41, 5.74) is 1.90. The average molecular weight is 386 g/mol. The maximum atomic E-state index is 12.8. The molecule has 4 rings (SSSR count). The molecule has 1 fully saturated rings. The highest BCUT2D eigenvalue weighted by atomic mass is 32.2. The van der Waals surface area contributed by atoms with E-state index in [1.54, 1.807) is 0 Å². The Labute approximate surface area is 158 Å². The van der Waals surface area contributed by atoms with E-state index >= 15 is 0 Å². The summed E-state index contributed by atoms with van der Waals surface area (Å²) < 4.78 is 30.4. The lowest BCUT2D eigenvalue weighted by molar-refractivity contribution is 0.197. The molecule has 142 valence electrons. The molecule has 0 unspecified atom stereocenters. The summed E-state index contributed by atoms with van der Waals surface area (Å²) in [4.78, 5) is 7.57. The van der Waals surface area contributed by atoms with Crippen LogP contribution in [-0.4, -0.2) is 58.2 Å². The molecule has 8 nitrogen and oxygen atoms in total. The van der Waals surface area contributed by atoms with Crippen LogP contribution in [-0.2, 0) is 10.2 Å². The third-order valence-electron chi connectivity index (χ3n) is 5.51. The summed E-state index contributed by atoms with van der Waals surface area (Å²) in [5, 5.41) is 10.9. The maximum Gasteiger partial charge on any atom is 0.282 e. The second-order valence-corrected chi connectivity index (χ2v) is 9.17. The number of nitriles is 1. The van der Waals surface area contributed by atoms with Gasteiger partial charge in [-0.2, -0.15) is 22.3 Å². The number of aromatic amines is 1. The molecule has 0 saturated carbocycles. The molecule has 2 atom stereocenters. The minimum Gasteiger partial charge on any atom is -0.346 e. The van der Waals surface area contributed by atoms with Crippen LogP contribution in [0.1, 0.15) is 19.4 Å². The number of nitrogens with zero attached hydrogens (tertiary/aromatic N) is 5. The summed E-state index contributed by atoms with van der Waals surface area (Å²) in [6.07, 6.45) is 6.50. The van der Waals surface area contributed by atoms with E-state index in [2.05, 4.69) is 21.5 Å². The first-order valence-corrected chi connectivity index (χ1v) is 10.3. The van der Waals surface area contributed by atoms with Crippen molar-refractivity contribution >= 4 is 32.1 Å². The number of aromatic nitrogens is 3. The largest absolute Gasteiger partial charge is 0.346 e. The van der Waals surface area contributed by atoms with Crippen molar-refractivity contribution in [3.8, 4) is 6.07 Å². The van der Waals surface area contributed by atoms with Crippen LogP contribution in [0.5, 0.6) is 0 Å². The monoisotopic (exact) mass is 386 g/mol. The highest BCUT2D eigenvalue weighted by Crippen LogP contribution is 2.34. The van der Waals surface area contributed by atoms with Crippen molar-refractivity contribution in [2.45, 2.75) is 19.4 Å². The molecular formula is C18H22N6O2S. The molecule has 4 heterocycles. The second-order valence-electron chi connectivity index (χ2n) is 7.14. The van der Waals surface area contributed by atoms with Gasteiger partial charge < -0.3 is 9.55 Å². The van der Waals surface area contributed by atoms with Gasteiger partial charge in [-0.15, -0.1) is 0 Å². The van der Waals surface area contributed by atoms with E-state index < -0.39 is 10.2 Å². The van der Waals surface area contributed by atoms with Gasteiger partial charge in [-0.1, -0.05) is 6.92 Å². The summed E-state index contributed by atoms with van der Waals surface area (Å²) >= 11 is 0. The standard InChI is InChI=1S/C18H22N6O2S/c1-13-4-8-23(27(25,26)22(2)10-6-19)12-16(13)24-9-5-14-11-21-18-15(17(14)24)3-7-20-18/h3,5,7,9,11,13,16H,4,8,10,12H2,1-2H3,(H,20,21)/t13-,16+/m1/s1. The molecule has 0 spiro atoms. The van der Waals surface area contributed by atoms with Gasteiger partial charge in [0.1, 0.15) is 12.2 Å². The zero-order valence-electron chi connectivity index (χ0n) is 15.3. The van der Waals surface area contributed by atoms with Crippen LogP contribution in [0.25, 0.3) is 21.9 Å². The maximum absolute atomic E-state index is 12.8. The molecule has 1 saturated heterocycles. The highest BCUT2D eigenvalue weighted by molar-refractivity contribution is 7.86. The summed E-state index contributed by atoms with van der Waals surface area (Å²) in [5.74, 6) is 0.329. The highest BCUT2D eigenvalue weighted by Gasteiger charge is 2.36. The first kappa shape index (κ1) is 18.0. The topological polar surface area (TPSA) is 98.0 Å². The van der Waals surface area contributed by atoms with Crippen LogP contribution >= 0.6 is 0 Å². The Morgan fingerprint density at radius 1 is 1.44 bits per heavy atom. The van der Waals surface area contributed by atoms with E-state index in [9.17, 15) is 8.42 Å². The number of H-pyrrole nitrogens is 1. The molecule has 1 aliphatic heterocycles. The minimum atomic E-state index is -3.64. The lowest BCUT2D eigenvalue weighted by atomic mass is 9.94. The zero-order valence-corrected chi connectivity index (χ0v) is 16.1. The van der Waals surface area contributed by atoms with Crippen LogP contribution in [0.2, 0.25) is 0 Å². The molecule has 0 bridgehead atoms. The zero-order chi connectivity index (χ0) is 19.2. The molecular weight excluding hydrogens is 364 g/mol. The normalized spacial score (nSPS) is 21.9. The van der Waals surface area contributed by atoms with Gasteiger partial charge in [0.05, 0.1) is 17.6 Å². The Morgan fingerprint density at radius 2 is 2.26 bits per heavy atom. The van der Waals surface area contributed by atoms with Crippen LogP contribution in [0.3, 0.4) is 0 Å². The third kappa shape index (κ3) is 2.90. The Hall–Kier alpha value is -2.41. The van der Waals surface area contributed by atoms with Gasteiger partial charge in [-0.25, -0.2) is 4.98 Å². The number of fused-ring (bicyclic) bond motifs is 3. The lowest BCUT2D eigenvalue weighted by Crippen LogP contribution is -2.49. The predicted molar refractivity (Wildman–Crippen MR) is 103 cm³/mol. The van der Waals surface area contributed by atoms with Gasteiger partial charge in [0.15, 0.2) is 0 Å². The van der Waals surface area contributed by atoms with E-state index in [4.69, 9.17) is 5.26 Å². The molecule has 0 aliphatic carbocycles. The van der Waals surface area contributed by atoms with Gasteiger partial charge in [-0.3, -0.25) is 0 Å². The first-order valence-electron chi connectivity index (χ1n) is 8.94. The molecule has 9 heteroatoms. The molecule has 0 aromatic carbocycles. The Kier molecular flexibility index (Phi) is 4.42. The summed E-state index contributed by atoms with van der Waals surface area (Å²) in [7, 11) is -2.19. The van der Waals surface area contributed by atoms with Crippen molar-refractivity contribution in [3.63, 3.8) is 0 Å². The van der Waals surface area contributed by atoms with Crippen LogP contribution < -0.4 is 0 Å². The molecule has 3 aromatic rings. The SMILES string of the molecule is C[C@@H]1CCN(S(=O)(=O)N(C)CC#N)C[C@@H]1n1ccc2cnc3[nH]ccc3c21. The van der Waals surface area contributed by atoms with Crippen molar-refractivity contribution in [1.29, 1.82) is 5.26 Å². The average Bonchev–Trinajstić information content (AvgIpc) is 3.28. The van der Waals surface area contributed by atoms with Crippen molar-refractivity contribution in [2.24, 2.45) is 5.92 Å². The number of hydrogen-bond donors (Lipinski definition) is 1. The van der Waals surface area contributed by atoms with Crippen LogP contribution in [0.4, 0.5) is 0 Å². The second kappa shape index (κ2) is 6.64. The molecule has 1 aliphatic rings. The summed E-state index contributed by atoms with van der Waals surface area (Å²) in [6, 6.07) is 5.95. The van der Waals surface area contributed by atoms with Gasteiger partial charge >= 0.3 is 0 Å². The van der Waals surface area contributed by atoms with E-state index in [-0.39, 0.29) is 12.6 Å². The van der Waals surface area contributed by atoms with Crippen molar-refractivity contribution in [1.82, 2.24) is 23.1 Å². The van der Waals surface area contributed by atoms with Gasteiger partial charge in [0.25, 0.3) is 10.2 Å². The first-order chi connectivity index (χ1) is 12.9. The van der Waals surface area contributed by atoms with Crippen molar-refractivity contribution in [2.75, 3.05) is 26.7 Å². The fourth-order valence-corrected chi connectivity index (χ4v) is 5.19. The van der Waals surface area contributed by atoms with Gasteiger partial charge in [0, 0.05) is 49.5 Å². The number of piperidine rings is 1. The summed E-state index contributed by atoms with van der Waals surface area (Å²) in [6.45, 7) is 2.86. The number of rotatable bonds is 4. The predicted octanol–water partition coefficient (Wildman–Crippen LogP) is 2.10. The third-order valence-corrected chi connectivity index (χ3v) is 7.41. The molecule has 1 N–H and O–H groups in total. The van der Waals surface area contributed by atoms with E-state index in [0.717, 1.165) is 32.7 Å². The minimum absolute atomic E-state index is 0.0158. The van der Waals surface area contributed by atoms with E-state index in [1.807, 2.05) is 36.8 Å². The van der Waals surface area contributed by atoms with Crippen molar-refractivity contribution in [3.05, 3.63) is 30.7 Å². The van der Waals surface area contributed by atoms with E-state index in [0.29, 0.717) is 19.0 Å². The Morgan fingerprint density at radius 3 is 3.04 bits per heavy atom. The molecule has 0 radical (unpaired) electrons. The molecule has 27 heavy (non-hydrogen) atoms.